The summed E-state index contributed by atoms with van der Waals surface area (Å²) in [5.74, 6) is -0.670. The van der Waals surface area contributed by atoms with Gasteiger partial charge in [-0.15, -0.1) is 0 Å². The molecule has 0 bridgehead atoms. The summed E-state index contributed by atoms with van der Waals surface area (Å²) in [4.78, 5) is 40.2. The number of nitrogens with zero attached hydrogens (tertiary/aromatic N) is 1. The lowest BCUT2D eigenvalue weighted by Crippen LogP contribution is -2.43. The standard InChI is InChI=1S/C27H33NO7/c1-27(2,3)35-24(29)12-11-23(19-14-21(32-4)16-22(15-19)33-5)25(30)28-20(17-34-26(28)31)13-18-9-7-6-8-10-18/h6-10,14-16,20,23H,11-13,17H2,1-5H3/t20-,23-/m1/s1. The molecule has 0 radical (unpaired) electrons. The fraction of sp³-hybridized carbons (Fsp3) is 0.444. The number of amides is 2. The minimum atomic E-state index is -0.810. The van der Waals surface area contributed by atoms with Crippen molar-refractivity contribution in [2.24, 2.45) is 0 Å². The van der Waals surface area contributed by atoms with Crippen LogP contribution in [0.1, 0.15) is 50.7 Å². The molecule has 0 N–H and O–H groups in total. The maximum Gasteiger partial charge on any atom is 0.417 e. The Morgan fingerprint density at radius 3 is 2.26 bits per heavy atom. The number of rotatable bonds is 9. The number of methoxy groups -OCH3 is 2. The summed E-state index contributed by atoms with van der Waals surface area (Å²) in [5, 5.41) is 0. The molecule has 0 saturated carbocycles. The molecule has 1 aliphatic rings. The lowest BCUT2D eigenvalue weighted by atomic mass is 9.91. The predicted octanol–water partition coefficient (Wildman–Crippen LogP) is 4.50. The van der Waals surface area contributed by atoms with Gasteiger partial charge in [0.25, 0.3) is 0 Å². The van der Waals surface area contributed by atoms with Crippen LogP contribution in [0.5, 0.6) is 11.5 Å². The first-order chi connectivity index (χ1) is 16.6. The van der Waals surface area contributed by atoms with E-state index >= 15 is 0 Å². The number of imide groups is 1. The molecule has 8 nitrogen and oxygen atoms in total. The van der Waals surface area contributed by atoms with E-state index in [0.29, 0.717) is 23.5 Å². The molecule has 8 heteroatoms. The van der Waals surface area contributed by atoms with Crippen LogP contribution < -0.4 is 9.47 Å². The van der Waals surface area contributed by atoms with Crippen molar-refractivity contribution in [1.29, 1.82) is 0 Å². The highest BCUT2D eigenvalue weighted by molar-refractivity contribution is 5.97. The molecule has 1 aliphatic heterocycles. The van der Waals surface area contributed by atoms with Gasteiger partial charge in [0.15, 0.2) is 0 Å². The first kappa shape index (κ1) is 26.1. The Morgan fingerprint density at radius 2 is 1.69 bits per heavy atom. The maximum atomic E-state index is 13.8. The monoisotopic (exact) mass is 483 g/mol. The van der Waals surface area contributed by atoms with Crippen LogP contribution in [0, 0.1) is 0 Å². The third-order valence-corrected chi connectivity index (χ3v) is 5.64. The molecule has 0 spiro atoms. The normalized spacial score (nSPS) is 16.4. The van der Waals surface area contributed by atoms with Crippen LogP contribution in [-0.4, -0.2) is 55.3 Å². The number of ether oxygens (including phenoxy) is 4. The predicted molar refractivity (Wildman–Crippen MR) is 129 cm³/mol. The van der Waals surface area contributed by atoms with Crippen molar-refractivity contribution in [1.82, 2.24) is 4.90 Å². The first-order valence-corrected chi connectivity index (χ1v) is 11.6. The average Bonchev–Trinajstić information content (AvgIpc) is 3.17. The van der Waals surface area contributed by atoms with Crippen molar-refractivity contribution in [3.05, 3.63) is 59.7 Å². The molecule has 2 aromatic carbocycles. The molecule has 0 unspecified atom stereocenters. The van der Waals surface area contributed by atoms with Crippen LogP contribution in [0.2, 0.25) is 0 Å². The third-order valence-electron chi connectivity index (χ3n) is 5.64. The highest BCUT2D eigenvalue weighted by Crippen LogP contribution is 2.33. The zero-order chi connectivity index (χ0) is 25.6. The Labute approximate surface area is 206 Å². The van der Waals surface area contributed by atoms with Crippen LogP contribution in [0.3, 0.4) is 0 Å². The van der Waals surface area contributed by atoms with E-state index in [1.165, 1.54) is 19.1 Å². The zero-order valence-electron chi connectivity index (χ0n) is 20.9. The van der Waals surface area contributed by atoms with E-state index in [9.17, 15) is 14.4 Å². The number of carbonyl (C=O) groups is 3. The third kappa shape index (κ3) is 6.97. The van der Waals surface area contributed by atoms with Crippen LogP contribution in [-0.2, 0) is 25.5 Å². The Bertz CT molecular complexity index is 1020. The van der Waals surface area contributed by atoms with Gasteiger partial charge in [0.1, 0.15) is 23.7 Å². The SMILES string of the molecule is COc1cc(OC)cc([C@@H](CCC(=O)OC(C)(C)C)C(=O)N2C(=O)OC[C@H]2Cc2ccccc2)c1. The number of carbonyl (C=O) groups excluding carboxylic acids is 3. The first-order valence-electron chi connectivity index (χ1n) is 11.6. The highest BCUT2D eigenvalue weighted by Gasteiger charge is 2.41. The molecular formula is C27H33NO7. The topological polar surface area (TPSA) is 91.4 Å². The lowest BCUT2D eigenvalue weighted by Gasteiger charge is -2.26. The Morgan fingerprint density at radius 1 is 1.06 bits per heavy atom. The van der Waals surface area contributed by atoms with Crippen molar-refractivity contribution in [3.8, 4) is 11.5 Å². The highest BCUT2D eigenvalue weighted by atomic mass is 16.6. The molecule has 1 saturated heterocycles. The van der Waals surface area contributed by atoms with E-state index < -0.39 is 35.5 Å². The van der Waals surface area contributed by atoms with Crippen LogP contribution in [0.25, 0.3) is 0 Å². The van der Waals surface area contributed by atoms with Gasteiger partial charge in [-0.3, -0.25) is 9.59 Å². The van der Waals surface area contributed by atoms with Gasteiger partial charge < -0.3 is 18.9 Å². The molecule has 2 amide bonds. The summed E-state index contributed by atoms with van der Waals surface area (Å²) in [6.45, 7) is 5.47. The Hall–Kier alpha value is -3.55. The van der Waals surface area contributed by atoms with Gasteiger partial charge in [0, 0.05) is 12.5 Å². The second-order valence-corrected chi connectivity index (χ2v) is 9.45. The second-order valence-electron chi connectivity index (χ2n) is 9.45. The molecule has 188 valence electrons. The van der Waals surface area contributed by atoms with Gasteiger partial charge in [-0.25, -0.2) is 9.69 Å². The van der Waals surface area contributed by atoms with Gasteiger partial charge in [-0.05, 0) is 56.9 Å². The van der Waals surface area contributed by atoms with E-state index in [0.717, 1.165) is 5.56 Å². The molecule has 0 aliphatic carbocycles. The molecule has 35 heavy (non-hydrogen) atoms. The number of benzene rings is 2. The van der Waals surface area contributed by atoms with Crippen molar-refractivity contribution < 1.29 is 33.3 Å². The van der Waals surface area contributed by atoms with E-state index in [4.69, 9.17) is 18.9 Å². The molecule has 1 fully saturated rings. The smallest absolute Gasteiger partial charge is 0.417 e. The molecule has 0 aromatic heterocycles. The molecule has 2 aromatic rings. The van der Waals surface area contributed by atoms with Gasteiger partial charge >= 0.3 is 12.1 Å². The van der Waals surface area contributed by atoms with E-state index in [1.54, 1.807) is 39.0 Å². The fourth-order valence-electron chi connectivity index (χ4n) is 4.05. The van der Waals surface area contributed by atoms with E-state index in [2.05, 4.69) is 0 Å². The van der Waals surface area contributed by atoms with Crippen molar-refractivity contribution in [2.45, 2.75) is 57.6 Å². The number of esters is 1. The number of hydrogen-bond acceptors (Lipinski definition) is 7. The van der Waals surface area contributed by atoms with Crippen LogP contribution in [0.15, 0.2) is 48.5 Å². The minimum absolute atomic E-state index is 0.000554. The molecule has 3 rings (SSSR count). The van der Waals surface area contributed by atoms with Crippen LogP contribution in [0.4, 0.5) is 4.79 Å². The average molecular weight is 484 g/mol. The number of hydrogen-bond donors (Lipinski definition) is 0. The summed E-state index contributed by atoms with van der Waals surface area (Å²) in [5.41, 5.74) is 0.921. The summed E-state index contributed by atoms with van der Waals surface area (Å²) in [7, 11) is 3.04. The van der Waals surface area contributed by atoms with Gasteiger partial charge in [0.2, 0.25) is 5.91 Å². The summed E-state index contributed by atoms with van der Waals surface area (Å²) in [6, 6.07) is 14.3. The summed E-state index contributed by atoms with van der Waals surface area (Å²) < 4.78 is 21.5. The molecule has 1 heterocycles. The largest absolute Gasteiger partial charge is 0.497 e. The Balaban J connectivity index is 1.91. The number of cyclic esters (lactones) is 1. The van der Waals surface area contributed by atoms with E-state index in [-0.39, 0.29) is 19.4 Å². The van der Waals surface area contributed by atoms with Gasteiger partial charge in [0.05, 0.1) is 26.2 Å². The van der Waals surface area contributed by atoms with Crippen molar-refractivity contribution in [2.75, 3.05) is 20.8 Å². The lowest BCUT2D eigenvalue weighted by molar-refractivity contribution is -0.155. The summed E-state index contributed by atoms with van der Waals surface area (Å²) >= 11 is 0. The second kappa shape index (κ2) is 11.3. The van der Waals surface area contributed by atoms with Crippen LogP contribution >= 0.6 is 0 Å². The van der Waals surface area contributed by atoms with E-state index in [1.807, 2.05) is 30.3 Å². The van der Waals surface area contributed by atoms with Crippen molar-refractivity contribution in [3.63, 3.8) is 0 Å². The summed E-state index contributed by atoms with van der Waals surface area (Å²) in [6.07, 6.45) is -0.0720. The molecule has 2 atom stereocenters. The van der Waals surface area contributed by atoms with Crippen molar-refractivity contribution >= 4 is 18.0 Å². The minimum Gasteiger partial charge on any atom is -0.497 e. The van der Waals surface area contributed by atoms with Gasteiger partial charge in [-0.2, -0.15) is 0 Å². The Kier molecular flexibility index (Phi) is 8.38. The maximum absolute atomic E-state index is 13.8. The molecular weight excluding hydrogens is 450 g/mol. The fourth-order valence-corrected chi connectivity index (χ4v) is 4.05. The zero-order valence-corrected chi connectivity index (χ0v) is 20.9. The quantitative estimate of drug-likeness (QED) is 0.485. The van der Waals surface area contributed by atoms with Gasteiger partial charge in [-0.1, -0.05) is 30.3 Å².